The zero-order valence-electron chi connectivity index (χ0n) is 14.2. The first-order valence-electron chi connectivity index (χ1n) is 7.42. The van der Waals surface area contributed by atoms with Crippen LogP contribution in [0.15, 0.2) is 29.6 Å². The maximum absolute atomic E-state index is 12.1. The van der Waals surface area contributed by atoms with Gasteiger partial charge in [0.05, 0.1) is 5.01 Å². The van der Waals surface area contributed by atoms with E-state index < -0.39 is 0 Å². The van der Waals surface area contributed by atoms with Crippen molar-refractivity contribution >= 4 is 47.7 Å². The third-order valence-corrected chi connectivity index (χ3v) is 3.97. The zero-order chi connectivity index (χ0) is 16.7. The molecule has 0 aliphatic rings. The normalized spacial score (nSPS) is 9.92. The molecule has 1 amide bonds. The number of hydrogen-bond donors (Lipinski definition) is 2. The molecule has 1 heterocycles. The van der Waals surface area contributed by atoms with E-state index in [2.05, 4.69) is 15.2 Å². The second-order valence-corrected chi connectivity index (χ2v) is 6.24. The fourth-order valence-electron chi connectivity index (χ4n) is 1.83. The molecule has 0 saturated carbocycles. The minimum Gasteiger partial charge on any atom is -0.492 e. The van der Waals surface area contributed by atoms with Crippen molar-refractivity contribution in [2.45, 2.75) is 6.42 Å². The number of rotatable bonds is 8. The van der Waals surface area contributed by atoms with Crippen molar-refractivity contribution in [1.29, 1.82) is 0 Å². The molecule has 1 aromatic heterocycles. The van der Waals surface area contributed by atoms with Crippen molar-refractivity contribution in [3.63, 3.8) is 0 Å². The van der Waals surface area contributed by atoms with E-state index in [-0.39, 0.29) is 30.7 Å². The van der Waals surface area contributed by atoms with Crippen molar-refractivity contribution < 1.29 is 9.53 Å². The van der Waals surface area contributed by atoms with Crippen molar-refractivity contribution in [2.75, 3.05) is 39.1 Å². The molecule has 0 atom stereocenters. The number of hydrogen-bond acceptors (Lipinski definition) is 6. The minimum absolute atomic E-state index is 0. The van der Waals surface area contributed by atoms with Gasteiger partial charge in [-0.15, -0.1) is 36.2 Å². The fourth-order valence-corrected chi connectivity index (χ4v) is 2.62. The Hall–Kier alpha value is -1.38. The summed E-state index contributed by atoms with van der Waals surface area (Å²) in [6.45, 7) is 2.01. The first-order valence-corrected chi connectivity index (χ1v) is 8.30. The first-order chi connectivity index (χ1) is 11.1. The molecule has 1 aromatic carbocycles. The van der Waals surface area contributed by atoms with Gasteiger partial charge in [-0.25, -0.2) is 4.98 Å². The highest BCUT2D eigenvalue weighted by atomic mass is 35.5. The highest BCUT2D eigenvalue weighted by molar-refractivity contribution is 7.09. The van der Waals surface area contributed by atoms with Gasteiger partial charge in [0.15, 0.2) is 0 Å². The van der Waals surface area contributed by atoms with Gasteiger partial charge in [-0.1, -0.05) is 0 Å². The van der Waals surface area contributed by atoms with Crippen LogP contribution in [0.1, 0.15) is 15.5 Å². The second-order valence-electron chi connectivity index (χ2n) is 5.30. The number of aromatic nitrogens is 1. The number of amides is 1. The van der Waals surface area contributed by atoms with Crippen LogP contribution in [-0.2, 0) is 6.42 Å². The van der Waals surface area contributed by atoms with Crippen molar-refractivity contribution in [3.05, 3.63) is 40.3 Å². The molecule has 2 rings (SSSR count). The smallest absolute Gasteiger partial charge is 0.275 e. The molecule has 25 heavy (non-hydrogen) atoms. The molecule has 6 nitrogen and oxygen atoms in total. The van der Waals surface area contributed by atoms with Gasteiger partial charge >= 0.3 is 0 Å². The van der Waals surface area contributed by atoms with E-state index >= 15 is 0 Å². The summed E-state index contributed by atoms with van der Waals surface area (Å²) >= 11 is 1.45. The van der Waals surface area contributed by atoms with Gasteiger partial charge < -0.3 is 20.7 Å². The summed E-state index contributed by atoms with van der Waals surface area (Å²) in [5.74, 6) is 0.564. The Balaban J connectivity index is 0.00000288. The standard InChI is InChI=1S/C16H22N4O2S.2ClH/c1-20(2)9-10-22-13-5-3-12(4-6-13)18-16(21)14-11-23-15(19-14)7-8-17;;/h3-6,11H,7-10,17H2,1-2H3,(H,18,21);2*1H. The van der Waals surface area contributed by atoms with E-state index in [0.717, 1.165) is 17.3 Å². The number of anilines is 1. The summed E-state index contributed by atoms with van der Waals surface area (Å²) in [4.78, 5) is 18.5. The maximum atomic E-state index is 12.1. The van der Waals surface area contributed by atoms with Crippen LogP contribution in [0, 0.1) is 0 Å². The van der Waals surface area contributed by atoms with Crippen LogP contribution < -0.4 is 15.8 Å². The van der Waals surface area contributed by atoms with Crippen LogP contribution in [0.5, 0.6) is 5.75 Å². The van der Waals surface area contributed by atoms with Gasteiger partial charge in [-0.05, 0) is 44.9 Å². The van der Waals surface area contributed by atoms with Gasteiger partial charge in [0.2, 0.25) is 0 Å². The third-order valence-electron chi connectivity index (χ3n) is 3.06. The lowest BCUT2D eigenvalue weighted by atomic mass is 10.3. The van der Waals surface area contributed by atoms with E-state index in [1.807, 2.05) is 38.4 Å². The molecule has 0 spiro atoms. The third kappa shape index (κ3) is 8.02. The minimum atomic E-state index is -0.217. The molecule has 0 radical (unpaired) electrons. The van der Waals surface area contributed by atoms with Gasteiger partial charge in [0, 0.05) is 24.0 Å². The van der Waals surface area contributed by atoms with Gasteiger partial charge in [-0.2, -0.15) is 0 Å². The molecule has 9 heteroatoms. The molecular formula is C16H24Cl2N4O2S. The predicted octanol–water partition coefficient (Wildman–Crippen LogP) is 2.68. The lowest BCUT2D eigenvalue weighted by Crippen LogP contribution is -2.19. The molecule has 0 fully saturated rings. The SMILES string of the molecule is CN(C)CCOc1ccc(NC(=O)c2csc(CCN)n2)cc1.Cl.Cl. The average Bonchev–Trinajstić information content (AvgIpc) is 2.98. The van der Waals surface area contributed by atoms with E-state index in [4.69, 9.17) is 10.5 Å². The Kier molecular flexibility index (Phi) is 11.4. The van der Waals surface area contributed by atoms with E-state index in [9.17, 15) is 4.79 Å². The van der Waals surface area contributed by atoms with Crippen LogP contribution >= 0.6 is 36.2 Å². The summed E-state index contributed by atoms with van der Waals surface area (Å²) in [6.07, 6.45) is 0.691. The monoisotopic (exact) mass is 406 g/mol. The summed E-state index contributed by atoms with van der Waals surface area (Å²) in [7, 11) is 4.00. The summed E-state index contributed by atoms with van der Waals surface area (Å²) in [6, 6.07) is 7.31. The topological polar surface area (TPSA) is 80.5 Å². The van der Waals surface area contributed by atoms with Crippen molar-refractivity contribution in [1.82, 2.24) is 9.88 Å². The van der Waals surface area contributed by atoms with Crippen LogP contribution in [0.4, 0.5) is 5.69 Å². The summed E-state index contributed by atoms with van der Waals surface area (Å²) in [5.41, 5.74) is 6.62. The number of nitrogens with zero attached hydrogens (tertiary/aromatic N) is 2. The van der Waals surface area contributed by atoms with E-state index in [1.54, 1.807) is 5.38 Å². The number of benzene rings is 1. The Morgan fingerprint density at radius 2 is 1.96 bits per heavy atom. The maximum Gasteiger partial charge on any atom is 0.275 e. The first kappa shape index (κ1) is 23.6. The predicted molar refractivity (Wildman–Crippen MR) is 108 cm³/mol. The van der Waals surface area contributed by atoms with Crippen molar-refractivity contribution in [3.8, 4) is 5.75 Å². The molecule has 0 bridgehead atoms. The Morgan fingerprint density at radius 3 is 2.56 bits per heavy atom. The highest BCUT2D eigenvalue weighted by Crippen LogP contribution is 2.17. The zero-order valence-corrected chi connectivity index (χ0v) is 16.7. The molecule has 0 saturated heterocycles. The molecule has 0 unspecified atom stereocenters. The van der Waals surface area contributed by atoms with Crippen LogP contribution in [0.3, 0.4) is 0 Å². The number of nitrogens with two attached hydrogens (primary N) is 1. The van der Waals surface area contributed by atoms with Crippen LogP contribution in [-0.4, -0.2) is 49.6 Å². The Labute approximate surface area is 164 Å². The number of ether oxygens (including phenoxy) is 1. The molecular weight excluding hydrogens is 383 g/mol. The molecule has 0 aliphatic heterocycles. The van der Waals surface area contributed by atoms with Gasteiger partial charge in [0.1, 0.15) is 18.1 Å². The Bertz CT molecular complexity index is 635. The number of carbonyl (C=O) groups is 1. The van der Waals surface area contributed by atoms with E-state index in [0.29, 0.717) is 31.0 Å². The lowest BCUT2D eigenvalue weighted by Gasteiger charge is -2.11. The quantitative estimate of drug-likeness (QED) is 0.703. The number of thiazole rings is 1. The highest BCUT2D eigenvalue weighted by Gasteiger charge is 2.10. The lowest BCUT2D eigenvalue weighted by molar-refractivity contribution is 0.102. The largest absolute Gasteiger partial charge is 0.492 e. The van der Waals surface area contributed by atoms with Crippen LogP contribution in [0.25, 0.3) is 0 Å². The number of likely N-dealkylation sites (N-methyl/N-ethyl adjacent to an activating group) is 1. The van der Waals surface area contributed by atoms with Gasteiger partial charge in [0.25, 0.3) is 5.91 Å². The number of nitrogens with one attached hydrogen (secondary N) is 1. The molecule has 140 valence electrons. The van der Waals surface area contributed by atoms with E-state index in [1.165, 1.54) is 11.3 Å². The Morgan fingerprint density at radius 1 is 1.28 bits per heavy atom. The molecule has 3 N–H and O–H groups in total. The average molecular weight is 407 g/mol. The molecule has 2 aromatic rings. The number of halogens is 2. The summed E-state index contributed by atoms with van der Waals surface area (Å²) < 4.78 is 5.61. The fraction of sp³-hybridized carbons (Fsp3) is 0.375. The molecule has 0 aliphatic carbocycles. The van der Waals surface area contributed by atoms with Crippen molar-refractivity contribution in [2.24, 2.45) is 5.73 Å². The number of carbonyl (C=O) groups excluding carboxylic acids is 1. The summed E-state index contributed by atoms with van der Waals surface area (Å²) in [5, 5.41) is 5.45. The van der Waals surface area contributed by atoms with Gasteiger partial charge in [-0.3, -0.25) is 4.79 Å². The second kappa shape index (κ2) is 12.1. The van der Waals surface area contributed by atoms with Crippen LogP contribution in [0.2, 0.25) is 0 Å².